The predicted molar refractivity (Wildman–Crippen MR) is 89.7 cm³/mol. The highest BCUT2D eigenvalue weighted by atomic mass is 19.1. The maximum absolute atomic E-state index is 13.4. The van der Waals surface area contributed by atoms with Gasteiger partial charge in [-0.1, -0.05) is 0 Å². The van der Waals surface area contributed by atoms with Gasteiger partial charge in [-0.25, -0.2) is 8.78 Å². The predicted octanol–water partition coefficient (Wildman–Crippen LogP) is 0.625. The van der Waals surface area contributed by atoms with Crippen LogP contribution in [0.1, 0.15) is 24.8 Å². The van der Waals surface area contributed by atoms with Crippen LogP contribution in [0.5, 0.6) is 0 Å². The van der Waals surface area contributed by atoms with Crippen molar-refractivity contribution < 1.29 is 23.5 Å². The van der Waals surface area contributed by atoms with Crippen molar-refractivity contribution in [1.82, 2.24) is 9.80 Å². The van der Waals surface area contributed by atoms with E-state index < -0.39 is 24.3 Å². The summed E-state index contributed by atoms with van der Waals surface area (Å²) in [7, 11) is 0. The number of benzene rings is 1. The van der Waals surface area contributed by atoms with E-state index in [0.29, 0.717) is 44.5 Å². The van der Waals surface area contributed by atoms with Gasteiger partial charge in [0, 0.05) is 44.1 Å². The van der Waals surface area contributed by atoms with Gasteiger partial charge in [-0.05, 0) is 30.5 Å². The molecule has 1 atom stereocenters. The third-order valence-electron chi connectivity index (χ3n) is 5.35. The van der Waals surface area contributed by atoms with Gasteiger partial charge in [0.1, 0.15) is 17.7 Å². The topological polar surface area (TPSA) is 86.9 Å². The smallest absolute Gasteiger partial charge is 0.241 e. The number of aliphatic hydroxyl groups excluding tert-OH is 1. The lowest BCUT2D eigenvalue weighted by Crippen LogP contribution is -2.51. The highest BCUT2D eigenvalue weighted by molar-refractivity contribution is 5.82. The van der Waals surface area contributed by atoms with Gasteiger partial charge in [0.05, 0.1) is 6.61 Å². The Hall–Kier alpha value is -2.06. The number of amides is 2. The molecule has 0 aliphatic carbocycles. The van der Waals surface area contributed by atoms with Gasteiger partial charge in [0.2, 0.25) is 11.8 Å². The molecule has 0 aromatic heterocycles. The molecule has 1 aromatic rings. The number of piperidine rings is 1. The summed E-state index contributed by atoms with van der Waals surface area (Å²) in [5.41, 5.74) is 5.79. The molecule has 142 valence electrons. The van der Waals surface area contributed by atoms with Crippen LogP contribution >= 0.6 is 0 Å². The molecule has 0 bridgehead atoms. The summed E-state index contributed by atoms with van der Waals surface area (Å²) in [6.45, 7) is 1.27. The molecule has 8 heteroatoms. The maximum atomic E-state index is 13.4. The number of nitrogens with two attached hydrogens (primary N) is 1. The van der Waals surface area contributed by atoms with Gasteiger partial charge in [0.25, 0.3) is 0 Å². The third-order valence-corrected chi connectivity index (χ3v) is 5.35. The average molecular weight is 367 g/mol. The van der Waals surface area contributed by atoms with E-state index in [0.717, 1.165) is 6.07 Å². The molecule has 0 unspecified atom stereocenters. The molecule has 2 aliphatic heterocycles. The zero-order valence-corrected chi connectivity index (χ0v) is 14.5. The van der Waals surface area contributed by atoms with Crippen LogP contribution in [0.25, 0.3) is 0 Å². The van der Waals surface area contributed by atoms with Crippen molar-refractivity contribution in [2.24, 2.45) is 11.1 Å². The number of rotatable bonds is 4. The number of nitrogens with zero attached hydrogens (tertiary/aromatic N) is 2. The Kier molecular flexibility index (Phi) is 5.24. The van der Waals surface area contributed by atoms with E-state index in [1.54, 1.807) is 9.80 Å². The molecule has 2 amide bonds. The molecular formula is C18H23F2N3O3. The summed E-state index contributed by atoms with van der Waals surface area (Å²) in [5, 5.41) is 9.01. The van der Waals surface area contributed by atoms with Crippen molar-refractivity contribution in [2.75, 3.05) is 26.2 Å². The molecule has 6 nitrogen and oxygen atoms in total. The highest BCUT2D eigenvalue weighted by Gasteiger charge is 2.45. The van der Waals surface area contributed by atoms with E-state index in [1.165, 1.54) is 12.1 Å². The van der Waals surface area contributed by atoms with Crippen molar-refractivity contribution in [3.05, 3.63) is 35.4 Å². The number of carbonyl (C=O) groups excluding carboxylic acids is 2. The van der Waals surface area contributed by atoms with E-state index in [4.69, 9.17) is 10.8 Å². The second-order valence-corrected chi connectivity index (χ2v) is 7.32. The lowest BCUT2D eigenvalue weighted by Gasteiger charge is -2.39. The summed E-state index contributed by atoms with van der Waals surface area (Å²) in [4.78, 5) is 27.7. The van der Waals surface area contributed by atoms with Crippen molar-refractivity contribution in [3.63, 3.8) is 0 Å². The Morgan fingerprint density at radius 3 is 2.42 bits per heavy atom. The number of likely N-dealkylation sites (tertiary alicyclic amines) is 2. The lowest BCUT2D eigenvalue weighted by molar-refractivity contribution is -0.135. The van der Waals surface area contributed by atoms with E-state index in [1.807, 2.05) is 0 Å². The van der Waals surface area contributed by atoms with Crippen LogP contribution < -0.4 is 5.73 Å². The van der Waals surface area contributed by atoms with Gasteiger partial charge >= 0.3 is 0 Å². The van der Waals surface area contributed by atoms with Gasteiger partial charge in [-0.2, -0.15) is 0 Å². The third kappa shape index (κ3) is 3.86. The highest BCUT2D eigenvalue weighted by Crippen LogP contribution is 2.41. The summed E-state index contributed by atoms with van der Waals surface area (Å²) in [6, 6.07) is 2.37. The van der Waals surface area contributed by atoms with Gasteiger partial charge in [-0.15, -0.1) is 0 Å². The number of halogens is 2. The van der Waals surface area contributed by atoms with Crippen molar-refractivity contribution in [1.29, 1.82) is 0 Å². The van der Waals surface area contributed by atoms with Crippen LogP contribution in [0.2, 0.25) is 0 Å². The van der Waals surface area contributed by atoms with Crippen molar-refractivity contribution in [2.45, 2.75) is 31.8 Å². The molecule has 26 heavy (non-hydrogen) atoms. The zero-order chi connectivity index (χ0) is 18.9. The second kappa shape index (κ2) is 7.28. The average Bonchev–Trinajstić information content (AvgIpc) is 2.88. The number of carbonyl (C=O) groups is 2. The van der Waals surface area contributed by atoms with Crippen molar-refractivity contribution >= 4 is 11.8 Å². The van der Waals surface area contributed by atoms with E-state index in [-0.39, 0.29) is 23.8 Å². The maximum Gasteiger partial charge on any atom is 0.241 e. The quantitative estimate of drug-likeness (QED) is 0.817. The monoisotopic (exact) mass is 367 g/mol. The van der Waals surface area contributed by atoms with Gasteiger partial charge in [-0.3, -0.25) is 9.59 Å². The minimum absolute atomic E-state index is 0.0403. The first-order valence-corrected chi connectivity index (χ1v) is 8.70. The molecule has 3 rings (SSSR count). The SMILES string of the molecule is N[C@@H](CO)C(=O)N1CCC2(CC1)CC(=O)N(Cc1cc(F)cc(F)c1)C2. The van der Waals surface area contributed by atoms with Crippen LogP contribution in [0.3, 0.4) is 0 Å². The number of hydrogen-bond acceptors (Lipinski definition) is 4. The van der Waals surface area contributed by atoms with Crippen LogP contribution in [-0.4, -0.2) is 59.0 Å². The number of hydrogen-bond donors (Lipinski definition) is 2. The Morgan fingerprint density at radius 2 is 1.85 bits per heavy atom. The second-order valence-electron chi connectivity index (χ2n) is 7.32. The first-order valence-electron chi connectivity index (χ1n) is 8.70. The summed E-state index contributed by atoms with van der Waals surface area (Å²) >= 11 is 0. The van der Waals surface area contributed by atoms with Crippen LogP contribution in [0.15, 0.2) is 18.2 Å². The Morgan fingerprint density at radius 1 is 1.23 bits per heavy atom. The molecule has 3 N–H and O–H groups in total. The van der Waals surface area contributed by atoms with Gasteiger partial charge in [0.15, 0.2) is 0 Å². The molecule has 2 saturated heterocycles. The van der Waals surface area contributed by atoms with Crippen molar-refractivity contribution in [3.8, 4) is 0 Å². The normalized spacial score (nSPS) is 20.7. The lowest BCUT2D eigenvalue weighted by atomic mass is 9.77. The fraction of sp³-hybridized carbons (Fsp3) is 0.556. The minimum Gasteiger partial charge on any atom is -0.394 e. The van der Waals surface area contributed by atoms with Crippen LogP contribution in [0.4, 0.5) is 8.78 Å². The molecule has 2 aliphatic rings. The first kappa shape index (κ1) is 18.7. The molecule has 0 radical (unpaired) electrons. The molecule has 1 aromatic carbocycles. The van der Waals surface area contributed by atoms with E-state index in [2.05, 4.69) is 0 Å². The summed E-state index contributed by atoms with van der Waals surface area (Å²) in [5.74, 6) is -1.64. The molecule has 2 heterocycles. The molecule has 2 fully saturated rings. The first-order chi connectivity index (χ1) is 12.3. The van der Waals surface area contributed by atoms with Crippen LogP contribution in [-0.2, 0) is 16.1 Å². The molecule has 1 spiro atoms. The number of aliphatic hydroxyl groups is 1. The minimum atomic E-state index is -0.909. The molecule has 0 saturated carbocycles. The van der Waals surface area contributed by atoms with E-state index in [9.17, 15) is 18.4 Å². The Balaban J connectivity index is 1.62. The Labute approximate surface area is 150 Å². The Bertz CT molecular complexity index is 685. The van der Waals surface area contributed by atoms with Crippen LogP contribution in [0, 0.1) is 17.0 Å². The zero-order valence-electron chi connectivity index (χ0n) is 14.5. The summed E-state index contributed by atoms with van der Waals surface area (Å²) < 4.78 is 26.7. The van der Waals surface area contributed by atoms with Gasteiger partial charge < -0.3 is 20.6 Å². The standard InChI is InChI=1S/C18H23F2N3O3/c19-13-5-12(6-14(20)7-13)9-23-11-18(8-16(23)25)1-3-22(4-2-18)17(26)15(21)10-24/h5-7,15,24H,1-4,8-11,21H2/t15-/m0/s1. The largest absolute Gasteiger partial charge is 0.394 e. The van der Waals surface area contributed by atoms with E-state index >= 15 is 0 Å². The summed E-state index contributed by atoms with van der Waals surface area (Å²) in [6.07, 6.45) is 1.70. The fourth-order valence-electron chi connectivity index (χ4n) is 3.90. The fourth-order valence-corrected chi connectivity index (χ4v) is 3.90. The molecular weight excluding hydrogens is 344 g/mol.